The number of thioether (sulfide) groups is 1. The van der Waals surface area contributed by atoms with Crippen molar-refractivity contribution >= 4 is 17.8 Å². The van der Waals surface area contributed by atoms with E-state index in [2.05, 4.69) is 31.3 Å². The largest absolute Gasteiger partial charge is 0.396 e. The molecule has 0 radical (unpaired) electrons. The molecule has 1 heterocycles. The number of hydrogen-bond acceptors (Lipinski definition) is 3. The van der Waals surface area contributed by atoms with Gasteiger partial charge in [-0.25, -0.2) is 4.79 Å². The van der Waals surface area contributed by atoms with Crippen LogP contribution in [0.1, 0.15) is 20.3 Å². The van der Waals surface area contributed by atoms with Crippen LogP contribution < -0.4 is 5.32 Å². The molecule has 5 heteroatoms. The quantitative estimate of drug-likeness (QED) is 0.792. The van der Waals surface area contributed by atoms with Gasteiger partial charge in [0.15, 0.2) is 0 Å². The summed E-state index contributed by atoms with van der Waals surface area (Å²) in [6.07, 6.45) is 0.915. The molecule has 22 heavy (non-hydrogen) atoms. The van der Waals surface area contributed by atoms with Crippen molar-refractivity contribution in [3.05, 3.63) is 30.3 Å². The molecule has 0 unspecified atom stereocenters. The van der Waals surface area contributed by atoms with Gasteiger partial charge in [0.05, 0.1) is 0 Å². The van der Waals surface area contributed by atoms with Gasteiger partial charge in [-0.2, -0.15) is 0 Å². The molecule has 1 aliphatic rings. The Bertz CT molecular complexity index is 469. The summed E-state index contributed by atoms with van der Waals surface area (Å²) >= 11 is 1.77. The van der Waals surface area contributed by atoms with Gasteiger partial charge in [0.25, 0.3) is 0 Å². The number of likely N-dealkylation sites (tertiary alicyclic amines) is 1. The van der Waals surface area contributed by atoms with E-state index in [0.29, 0.717) is 12.5 Å². The molecule has 2 N–H and O–H groups in total. The predicted molar refractivity (Wildman–Crippen MR) is 91.1 cm³/mol. The summed E-state index contributed by atoms with van der Waals surface area (Å²) in [4.78, 5) is 15.4. The molecule has 2 rings (SSSR count). The van der Waals surface area contributed by atoms with Crippen LogP contribution in [0.5, 0.6) is 0 Å². The lowest BCUT2D eigenvalue weighted by molar-refractivity contribution is 0.193. The summed E-state index contributed by atoms with van der Waals surface area (Å²) in [7, 11) is 0. The number of carbonyl (C=O) groups excluding carboxylic acids is 1. The Morgan fingerprint density at radius 3 is 2.73 bits per heavy atom. The second-order valence-electron chi connectivity index (χ2n) is 6.00. The molecule has 0 bridgehead atoms. The van der Waals surface area contributed by atoms with E-state index in [1.165, 1.54) is 4.90 Å². The Hall–Kier alpha value is -1.20. The average molecular weight is 322 g/mol. The topological polar surface area (TPSA) is 52.6 Å². The monoisotopic (exact) mass is 322 g/mol. The fourth-order valence-electron chi connectivity index (χ4n) is 2.68. The Labute approximate surface area is 137 Å². The molecule has 0 saturated carbocycles. The van der Waals surface area contributed by atoms with Crippen LogP contribution >= 0.6 is 11.8 Å². The van der Waals surface area contributed by atoms with Crippen molar-refractivity contribution in [1.29, 1.82) is 0 Å². The molecular weight excluding hydrogens is 296 g/mol. The molecule has 3 atom stereocenters. The highest BCUT2D eigenvalue weighted by Crippen LogP contribution is 2.23. The van der Waals surface area contributed by atoms with Crippen LogP contribution in [-0.2, 0) is 0 Å². The van der Waals surface area contributed by atoms with Gasteiger partial charge in [-0.3, -0.25) is 0 Å². The number of benzene rings is 1. The smallest absolute Gasteiger partial charge is 0.317 e. The Kier molecular flexibility index (Phi) is 6.58. The summed E-state index contributed by atoms with van der Waals surface area (Å²) in [6, 6.07) is 10.4. The van der Waals surface area contributed by atoms with Crippen LogP contribution in [0.2, 0.25) is 0 Å². The molecule has 122 valence electrons. The summed E-state index contributed by atoms with van der Waals surface area (Å²) in [5.41, 5.74) is 0. The molecule has 2 amide bonds. The zero-order valence-corrected chi connectivity index (χ0v) is 14.2. The number of hydrogen-bond donors (Lipinski definition) is 2. The van der Waals surface area contributed by atoms with E-state index in [-0.39, 0.29) is 24.6 Å². The number of carbonyl (C=O) groups is 1. The average Bonchev–Trinajstić information content (AvgIpc) is 2.93. The number of nitrogens with one attached hydrogen (secondary N) is 1. The van der Waals surface area contributed by atoms with E-state index in [4.69, 9.17) is 0 Å². The summed E-state index contributed by atoms with van der Waals surface area (Å²) in [5, 5.41) is 12.4. The Balaban J connectivity index is 1.81. The normalized spacial score (nSPS) is 22.6. The zero-order valence-electron chi connectivity index (χ0n) is 13.4. The highest BCUT2D eigenvalue weighted by Gasteiger charge is 2.32. The van der Waals surface area contributed by atoms with E-state index in [9.17, 15) is 9.90 Å². The molecule has 0 spiro atoms. The first-order chi connectivity index (χ1) is 10.6. The summed E-state index contributed by atoms with van der Waals surface area (Å²) < 4.78 is 0. The zero-order chi connectivity index (χ0) is 15.9. The number of rotatable bonds is 6. The molecule has 0 aliphatic carbocycles. The number of nitrogens with zero attached hydrogens (tertiary/aromatic N) is 1. The van der Waals surface area contributed by atoms with Crippen molar-refractivity contribution in [3.8, 4) is 0 Å². The Morgan fingerprint density at radius 1 is 1.41 bits per heavy atom. The first-order valence-electron chi connectivity index (χ1n) is 7.98. The van der Waals surface area contributed by atoms with Crippen LogP contribution in [0, 0.1) is 11.8 Å². The lowest BCUT2D eigenvalue weighted by Gasteiger charge is -2.22. The van der Waals surface area contributed by atoms with E-state index in [1.807, 2.05) is 23.1 Å². The van der Waals surface area contributed by atoms with Crippen molar-refractivity contribution in [2.24, 2.45) is 11.8 Å². The second kappa shape index (κ2) is 8.44. The fraction of sp³-hybridized carbons (Fsp3) is 0.588. The maximum absolute atomic E-state index is 12.4. The minimum absolute atomic E-state index is 0.00307. The van der Waals surface area contributed by atoms with Gasteiger partial charge in [-0.15, -0.1) is 11.8 Å². The molecule has 1 aliphatic heterocycles. The third kappa shape index (κ3) is 4.65. The van der Waals surface area contributed by atoms with E-state index < -0.39 is 0 Å². The number of urea groups is 1. The summed E-state index contributed by atoms with van der Waals surface area (Å²) in [5.74, 6) is 1.46. The van der Waals surface area contributed by atoms with Crippen molar-refractivity contribution in [1.82, 2.24) is 10.2 Å². The highest BCUT2D eigenvalue weighted by molar-refractivity contribution is 7.99. The minimum Gasteiger partial charge on any atom is -0.396 e. The van der Waals surface area contributed by atoms with Gasteiger partial charge in [-0.1, -0.05) is 32.0 Å². The lowest BCUT2D eigenvalue weighted by Crippen LogP contribution is -2.44. The number of amides is 2. The minimum atomic E-state index is 0.00307. The van der Waals surface area contributed by atoms with Gasteiger partial charge in [0.2, 0.25) is 0 Å². The third-order valence-electron chi connectivity index (χ3n) is 4.30. The molecule has 0 aromatic heterocycles. The van der Waals surface area contributed by atoms with Gasteiger partial charge >= 0.3 is 6.03 Å². The van der Waals surface area contributed by atoms with E-state index >= 15 is 0 Å². The number of aliphatic hydroxyl groups excluding tert-OH is 1. The Morgan fingerprint density at radius 2 is 2.14 bits per heavy atom. The highest BCUT2D eigenvalue weighted by atomic mass is 32.2. The maximum atomic E-state index is 12.4. The first kappa shape index (κ1) is 17.2. The molecule has 1 aromatic rings. The van der Waals surface area contributed by atoms with Crippen LogP contribution in [0.4, 0.5) is 4.79 Å². The van der Waals surface area contributed by atoms with Gasteiger partial charge in [0, 0.05) is 42.3 Å². The van der Waals surface area contributed by atoms with Crippen molar-refractivity contribution in [2.75, 3.05) is 25.4 Å². The first-order valence-corrected chi connectivity index (χ1v) is 8.96. The number of aliphatic hydroxyl groups is 1. The van der Waals surface area contributed by atoms with Crippen LogP contribution in [0.25, 0.3) is 0 Å². The molecule has 1 saturated heterocycles. The second-order valence-corrected chi connectivity index (χ2v) is 7.10. The van der Waals surface area contributed by atoms with Gasteiger partial charge in [-0.05, 0) is 24.5 Å². The molecule has 1 fully saturated rings. The lowest BCUT2D eigenvalue weighted by atomic mass is 10.00. The van der Waals surface area contributed by atoms with E-state index in [0.717, 1.165) is 18.7 Å². The molecule has 1 aromatic carbocycles. The standard InChI is InChI=1S/C17H26N2O2S/c1-3-15(12-22-16-7-5-4-6-8-16)18-17(21)19-9-13(2)14(10-19)11-20/h4-8,13-15,20H,3,9-12H2,1-2H3,(H,18,21)/t13-,14+,15+/m1/s1. The fourth-order valence-corrected chi connectivity index (χ4v) is 3.74. The van der Waals surface area contributed by atoms with Crippen LogP contribution in [0.15, 0.2) is 35.2 Å². The summed E-state index contributed by atoms with van der Waals surface area (Å²) in [6.45, 7) is 5.74. The predicted octanol–water partition coefficient (Wildman–Crippen LogP) is 2.83. The third-order valence-corrected chi connectivity index (χ3v) is 5.48. The van der Waals surface area contributed by atoms with Crippen molar-refractivity contribution in [3.63, 3.8) is 0 Å². The van der Waals surface area contributed by atoms with Crippen LogP contribution in [0.3, 0.4) is 0 Å². The SMILES string of the molecule is CC[C@@H](CSc1ccccc1)NC(=O)N1C[C@@H](CO)[C@H](C)C1. The molecule has 4 nitrogen and oxygen atoms in total. The van der Waals surface area contributed by atoms with E-state index in [1.54, 1.807) is 11.8 Å². The van der Waals surface area contributed by atoms with Gasteiger partial charge in [0.1, 0.15) is 0 Å². The molecular formula is C17H26N2O2S. The van der Waals surface area contributed by atoms with Crippen molar-refractivity contribution in [2.45, 2.75) is 31.2 Å². The van der Waals surface area contributed by atoms with Crippen molar-refractivity contribution < 1.29 is 9.90 Å². The maximum Gasteiger partial charge on any atom is 0.317 e. The van der Waals surface area contributed by atoms with Gasteiger partial charge < -0.3 is 15.3 Å². The van der Waals surface area contributed by atoms with Crippen LogP contribution in [-0.4, -0.2) is 47.5 Å².